The Morgan fingerprint density at radius 3 is 2.58 bits per heavy atom. The third-order valence-corrected chi connectivity index (χ3v) is 1.75. The molecule has 1 aromatic rings. The molecular weight excluding hydrogens is 152 g/mol. The zero-order valence-corrected chi connectivity index (χ0v) is 7.79. The second-order valence-electron chi connectivity index (χ2n) is 2.52. The lowest BCUT2D eigenvalue weighted by molar-refractivity contribution is 0.388. The largest absolute Gasteiger partial charge is 0.480 e. The number of nitrogens with zero attached hydrogens (tertiary/aromatic N) is 2. The van der Waals surface area contributed by atoms with Crippen LogP contribution in [0.1, 0.15) is 25.2 Å². The van der Waals surface area contributed by atoms with E-state index in [4.69, 9.17) is 4.74 Å². The van der Waals surface area contributed by atoms with Crippen LogP contribution in [0.2, 0.25) is 0 Å². The Morgan fingerprint density at radius 2 is 2.08 bits per heavy atom. The van der Waals surface area contributed by atoms with Gasteiger partial charge < -0.3 is 4.74 Å². The fourth-order valence-electron chi connectivity index (χ4n) is 1.01. The molecule has 0 aliphatic rings. The molecule has 3 heteroatoms. The number of aromatic nitrogens is 2. The highest BCUT2D eigenvalue weighted by molar-refractivity contribution is 5.19. The second-order valence-corrected chi connectivity index (χ2v) is 2.52. The van der Waals surface area contributed by atoms with Gasteiger partial charge in [0.15, 0.2) is 0 Å². The van der Waals surface area contributed by atoms with Crippen LogP contribution in [0.15, 0.2) is 6.20 Å². The standard InChI is InChI=1S/C9H14N2O/c1-4-7-6-10-8(5-2)9(11-7)12-3/h6H,4-5H2,1-3H3. The Kier molecular flexibility index (Phi) is 3.02. The van der Waals surface area contributed by atoms with Crippen molar-refractivity contribution in [2.45, 2.75) is 26.7 Å². The van der Waals surface area contributed by atoms with Gasteiger partial charge in [-0.05, 0) is 12.8 Å². The molecule has 0 aliphatic carbocycles. The highest BCUT2D eigenvalue weighted by Crippen LogP contribution is 2.12. The van der Waals surface area contributed by atoms with E-state index in [1.807, 2.05) is 6.92 Å². The van der Waals surface area contributed by atoms with Gasteiger partial charge in [-0.2, -0.15) is 0 Å². The summed E-state index contributed by atoms with van der Waals surface area (Å²) < 4.78 is 5.11. The summed E-state index contributed by atoms with van der Waals surface area (Å²) in [7, 11) is 1.63. The number of methoxy groups -OCH3 is 1. The van der Waals surface area contributed by atoms with Crippen molar-refractivity contribution < 1.29 is 4.74 Å². The van der Waals surface area contributed by atoms with Crippen LogP contribution in [0.4, 0.5) is 0 Å². The maximum absolute atomic E-state index is 5.11. The van der Waals surface area contributed by atoms with Gasteiger partial charge in [0.1, 0.15) is 5.69 Å². The SMILES string of the molecule is CCc1cnc(CC)c(OC)n1. The predicted octanol–water partition coefficient (Wildman–Crippen LogP) is 1.61. The van der Waals surface area contributed by atoms with Gasteiger partial charge >= 0.3 is 0 Å². The van der Waals surface area contributed by atoms with Crippen molar-refractivity contribution >= 4 is 0 Å². The minimum absolute atomic E-state index is 0.664. The van der Waals surface area contributed by atoms with E-state index in [9.17, 15) is 0 Å². The van der Waals surface area contributed by atoms with E-state index in [0.29, 0.717) is 5.88 Å². The van der Waals surface area contributed by atoms with Crippen molar-refractivity contribution in [3.05, 3.63) is 17.6 Å². The van der Waals surface area contributed by atoms with Crippen LogP contribution >= 0.6 is 0 Å². The van der Waals surface area contributed by atoms with Crippen LogP contribution in [0.5, 0.6) is 5.88 Å². The van der Waals surface area contributed by atoms with Gasteiger partial charge in [0.25, 0.3) is 0 Å². The number of hydrogen-bond donors (Lipinski definition) is 0. The molecule has 0 aromatic carbocycles. The average Bonchev–Trinajstić information content (AvgIpc) is 2.16. The average molecular weight is 166 g/mol. The monoisotopic (exact) mass is 166 g/mol. The Balaban J connectivity index is 3.02. The summed E-state index contributed by atoms with van der Waals surface area (Å²) in [5.74, 6) is 0.664. The van der Waals surface area contributed by atoms with E-state index in [1.165, 1.54) is 0 Å². The molecule has 0 N–H and O–H groups in total. The van der Waals surface area contributed by atoms with Crippen LogP contribution in [-0.2, 0) is 12.8 Å². The first kappa shape index (κ1) is 8.97. The van der Waals surface area contributed by atoms with E-state index in [-0.39, 0.29) is 0 Å². The molecule has 0 spiro atoms. The van der Waals surface area contributed by atoms with Gasteiger partial charge in [0.2, 0.25) is 5.88 Å². The fraction of sp³-hybridized carbons (Fsp3) is 0.556. The first-order chi connectivity index (χ1) is 5.81. The van der Waals surface area contributed by atoms with E-state index in [2.05, 4.69) is 16.9 Å². The molecule has 66 valence electrons. The molecule has 3 nitrogen and oxygen atoms in total. The van der Waals surface area contributed by atoms with E-state index < -0.39 is 0 Å². The van der Waals surface area contributed by atoms with E-state index in [0.717, 1.165) is 24.2 Å². The first-order valence-corrected chi connectivity index (χ1v) is 4.20. The molecule has 12 heavy (non-hydrogen) atoms. The normalized spacial score (nSPS) is 9.92. The van der Waals surface area contributed by atoms with Gasteiger partial charge in [0, 0.05) is 6.20 Å². The smallest absolute Gasteiger partial charge is 0.235 e. The summed E-state index contributed by atoms with van der Waals surface area (Å²) in [6.07, 6.45) is 3.56. The molecule has 1 rings (SSSR count). The lowest BCUT2D eigenvalue weighted by atomic mass is 10.3. The first-order valence-electron chi connectivity index (χ1n) is 4.20. The molecule has 0 unspecified atom stereocenters. The van der Waals surface area contributed by atoms with Crippen molar-refractivity contribution in [2.24, 2.45) is 0 Å². The Morgan fingerprint density at radius 1 is 1.33 bits per heavy atom. The molecule has 1 heterocycles. The molecule has 0 bridgehead atoms. The lowest BCUT2D eigenvalue weighted by Gasteiger charge is -2.05. The Bertz CT molecular complexity index is 261. The molecule has 0 radical (unpaired) electrons. The summed E-state index contributed by atoms with van der Waals surface area (Å²) in [6.45, 7) is 4.09. The van der Waals surface area contributed by atoms with E-state index in [1.54, 1.807) is 13.3 Å². The summed E-state index contributed by atoms with van der Waals surface area (Å²) >= 11 is 0. The maximum atomic E-state index is 5.11. The predicted molar refractivity (Wildman–Crippen MR) is 47.3 cm³/mol. The van der Waals surface area contributed by atoms with Gasteiger partial charge in [0.05, 0.1) is 12.8 Å². The molecule has 0 fully saturated rings. The van der Waals surface area contributed by atoms with Crippen LogP contribution < -0.4 is 4.74 Å². The number of aryl methyl sites for hydroxylation is 2. The Labute approximate surface area is 72.8 Å². The highest BCUT2D eigenvalue weighted by Gasteiger charge is 2.04. The zero-order valence-electron chi connectivity index (χ0n) is 7.79. The summed E-state index contributed by atoms with van der Waals surface area (Å²) in [5.41, 5.74) is 1.90. The summed E-state index contributed by atoms with van der Waals surface area (Å²) in [4.78, 5) is 8.55. The molecule has 0 saturated carbocycles. The molecule has 0 amide bonds. The van der Waals surface area contributed by atoms with Crippen LogP contribution in [0.3, 0.4) is 0 Å². The van der Waals surface area contributed by atoms with Crippen LogP contribution in [-0.4, -0.2) is 17.1 Å². The minimum atomic E-state index is 0.664. The van der Waals surface area contributed by atoms with Gasteiger partial charge in [-0.3, -0.25) is 4.98 Å². The van der Waals surface area contributed by atoms with Gasteiger partial charge in [-0.15, -0.1) is 0 Å². The van der Waals surface area contributed by atoms with Crippen LogP contribution in [0, 0.1) is 0 Å². The number of ether oxygens (including phenoxy) is 1. The fourth-order valence-corrected chi connectivity index (χ4v) is 1.01. The molecule has 1 aromatic heterocycles. The Hall–Kier alpha value is -1.12. The van der Waals surface area contributed by atoms with Crippen molar-refractivity contribution in [2.75, 3.05) is 7.11 Å². The molecule has 0 saturated heterocycles. The van der Waals surface area contributed by atoms with Gasteiger partial charge in [-0.1, -0.05) is 13.8 Å². The number of hydrogen-bond acceptors (Lipinski definition) is 3. The van der Waals surface area contributed by atoms with Crippen molar-refractivity contribution in [3.63, 3.8) is 0 Å². The lowest BCUT2D eigenvalue weighted by Crippen LogP contribution is -2.00. The summed E-state index contributed by atoms with van der Waals surface area (Å²) in [5, 5.41) is 0. The minimum Gasteiger partial charge on any atom is -0.480 e. The summed E-state index contributed by atoms with van der Waals surface area (Å²) in [6, 6.07) is 0. The number of rotatable bonds is 3. The second kappa shape index (κ2) is 4.04. The highest BCUT2D eigenvalue weighted by atomic mass is 16.5. The van der Waals surface area contributed by atoms with Crippen molar-refractivity contribution in [1.82, 2.24) is 9.97 Å². The van der Waals surface area contributed by atoms with Crippen molar-refractivity contribution in [3.8, 4) is 5.88 Å². The van der Waals surface area contributed by atoms with Crippen LogP contribution in [0.25, 0.3) is 0 Å². The van der Waals surface area contributed by atoms with Gasteiger partial charge in [-0.25, -0.2) is 4.98 Å². The molecule has 0 atom stereocenters. The van der Waals surface area contributed by atoms with Crippen molar-refractivity contribution in [1.29, 1.82) is 0 Å². The zero-order chi connectivity index (χ0) is 8.97. The molecular formula is C9H14N2O. The van der Waals surface area contributed by atoms with E-state index >= 15 is 0 Å². The topological polar surface area (TPSA) is 35.0 Å². The third-order valence-electron chi connectivity index (χ3n) is 1.75. The quantitative estimate of drug-likeness (QED) is 0.684. The molecule has 0 aliphatic heterocycles. The third kappa shape index (κ3) is 1.72. The maximum Gasteiger partial charge on any atom is 0.235 e.